The summed E-state index contributed by atoms with van der Waals surface area (Å²) in [5, 5.41) is 5.47. The lowest BCUT2D eigenvalue weighted by Gasteiger charge is -2.12. The third-order valence-electron chi connectivity index (χ3n) is 3.56. The van der Waals surface area contributed by atoms with Crippen molar-refractivity contribution in [3.63, 3.8) is 0 Å². The van der Waals surface area contributed by atoms with Gasteiger partial charge in [0.05, 0.1) is 11.1 Å². The van der Waals surface area contributed by atoms with E-state index in [1.807, 2.05) is 19.1 Å². The van der Waals surface area contributed by atoms with E-state index in [1.54, 1.807) is 31.4 Å². The number of carbonyl (C=O) groups is 2. The molecule has 144 valence electrons. The van der Waals surface area contributed by atoms with E-state index in [2.05, 4.69) is 42.5 Å². The van der Waals surface area contributed by atoms with Gasteiger partial charge in [0.2, 0.25) is 0 Å². The topological polar surface area (TPSA) is 76.7 Å². The third kappa shape index (κ3) is 6.64. The van der Waals surface area contributed by atoms with Gasteiger partial charge in [0, 0.05) is 29.4 Å². The average molecular weight is 500 g/mol. The number of benzene rings is 2. The molecule has 0 unspecified atom stereocenters. The molecule has 0 radical (unpaired) electrons. The zero-order chi connectivity index (χ0) is 19.8. The Kier molecular flexibility index (Phi) is 8.27. The summed E-state index contributed by atoms with van der Waals surface area (Å²) in [6, 6.07) is 10.4. The smallest absolute Gasteiger partial charge is 0.262 e. The molecule has 6 nitrogen and oxygen atoms in total. The molecule has 2 N–H and O–H groups in total. The van der Waals surface area contributed by atoms with E-state index in [0.29, 0.717) is 30.2 Å². The number of rotatable bonds is 8. The Morgan fingerprint density at radius 2 is 1.81 bits per heavy atom. The van der Waals surface area contributed by atoms with Crippen molar-refractivity contribution in [1.29, 1.82) is 0 Å². The Bertz CT molecular complexity index is 787. The van der Waals surface area contributed by atoms with Crippen LogP contribution in [0.2, 0.25) is 0 Å². The van der Waals surface area contributed by atoms with Crippen molar-refractivity contribution in [3.05, 3.63) is 56.5 Å². The molecular formula is C19H20Br2N2O4. The van der Waals surface area contributed by atoms with Gasteiger partial charge in [0.15, 0.2) is 6.61 Å². The van der Waals surface area contributed by atoms with E-state index in [0.717, 1.165) is 14.5 Å². The fraction of sp³-hybridized carbons (Fsp3) is 0.263. The van der Waals surface area contributed by atoms with Crippen molar-refractivity contribution in [2.24, 2.45) is 0 Å². The first-order chi connectivity index (χ1) is 12.9. The van der Waals surface area contributed by atoms with E-state index in [-0.39, 0.29) is 18.4 Å². The molecule has 0 fully saturated rings. The number of nitrogens with one attached hydrogen (secondary N) is 2. The number of amides is 2. The van der Waals surface area contributed by atoms with Crippen molar-refractivity contribution in [2.75, 3.05) is 32.2 Å². The first-order valence-electron chi connectivity index (χ1n) is 8.16. The molecule has 0 aromatic heterocycles. The largest absolute Gasteiger partial charge is 0.482 e. The summed E-state index contributed by atoms with van der Waals surface area (Å²) in [7, 11) is 1.57. The summed E-state index contributed by atoms with van der Waals surface area (Å²) in [5.41, 5.74) is 2.01. The van der Waals surface area contributed by atoms with Crippen LogP contribution < -0.4 is 15.4 Å². The van der Waals surface area contributed by atoms with Crippen LogP contribution in [0.1, 0.15) is 15.9 Å². The van der Waals surface area contributed by atoms with E-state index in [1.165, 1.54) is 0 Å². The molecule has 0 saturated carbocycles. The number of methoxy groups -OCH3 is 1. The van der Waals surface area contributed by atoms with Gasteiger partial charge in [0.1, 0.15) is 5.75 Å². The molecule has 2 amide bonds. The van der Waals surface area contributed by atoms with Gasteiger partial charge in [-0.2, -0.15) is 0 Å². The minimum Gasteiger partial charge on any atom is -0.482 e. The molecule has 0 atom stereocenters. The maximum Gasteiger partial charge on any atom is 0.262 e. The van der Waals surface area contributed by atoms with Crippen LogP contribution in [0.25, 0.3) is 0 Å². The average Bonchev–Trinajstić information content (AvgIpc) is 2.61. The Balaban J connectivity index is 1.88. The van der Waals surface area contributed by atoms with Gasteiger partial charge < -0.3 is 20.1 Å². The van der Waals surface area contributed by atoms with Crippen LogP contribution in [0, 0.1) is 6.92 Å². The summed E-state index contributed by atoms with van der Waals surface area (Å²) >= 11 is 6.83. The molecule has 0 bridgehead atoms. The Hall–Kier alpha value is -1.90. The first kappa shape index (κ1) is 21.4. The maximum absolute atomic E-state index is 12.1. The lowest BCUT2D eigenvalue weighted by atomic mass is 10.2. The lowest BCUT2D eigenvalue weighted by Crippen LogP contribution is -2.26. The number of anilines is 1. The Morgan fingerprint density at radius 1 is 1.11 bits per heavy atom. The van der Waals surface area contributed by atoms with Gasteiger partial charge in [0.25, 0.3) is 11.8 Å². The molecule has 0 spiro atoms. The molecule has 2 aromatic carbocycles. The molecule has 0 heterocycles. The van der Waals surface area contributed by atoms with Crippen molar-refractivity contribution < 1.29 is 19.1 Å². The quantitative estimate of drug-likeness (QED) is 0.540. The van der Waals surface area contributed by atoms with Gasteiger partial charge in [-0.05, 0) is 64.8 Å². The van der Waals surface area contributed by atoms with Gasteiger partial charge in [-0.1, -0.05) is 15.9 Å². The highest BCUT2D eigenvalue weighted by Crippen LogP contribution is 2.32. The molecular weight excluding hydrogens is 480 g/mol. The molecule has 27 heavy (non-hydrogen) atoms. The number of carbonyl (C=O) groups excluding carboxylic acids is 2. The minimum absolute atomic E-state index is 0.125. The molecule has 2 aromatic rings. The fourth-order valence-corrected chi connectivity index (χ4v) is 3.83. The highest BCUT2D eigenvalue weighted by molar-refractivity contribution is 9.11. The van der Waals surface area contributed by atoms with Crippen molar-refractivity contribution in [1.82, 2.24) is 5.32 Å². The molecule has 0 aliphatic carbocycles. The second-order valence-corrected chi connectivity index (χ2v) is 7.47. The van der Waals surface area contributed by atoms with Crippen LogP contribution >= 0.6 is 31.9 Å². The zero-order valence-corrected chi connectivity index (χ0v) is 18.1. The number of aryl methyl sites for hydroxylation is 1. The van der Waals surface area contributed by atoms with E-state index < -0.39 is 0 Å². The van der Waals surface area contributed by atoms with Gasteiger partial charge in [-0.3, -0.25) is 9.59 Å². The Morgan fingerprint density at radius 3 is 2.44 bits per heavy atom. The van der Waals surface area contributed by atoms with Gasteiger partial charge in [-0.15, -0.1) is 0 Å². The predicted molar refractivity (Wildman–Crippen MR) is 111 cm³/mol. The monoisotopic (exact) mass is 498 g/mol. The second kappa shape index (κ2) is 10.4. The van der Waals surface area contributed by atoms with E-state index in [4.69, 9.17) is 9.47 Å². The summed E-state index contributed by atoms with van der Waals surface area (Å²) in [6.45, 7) is 2.67. The minimum atomic E-state index is -0.290. The van der Waals surface area contributed by atoms with Gasteiger partial charge >= 0.3 is 0 Å². The highest BCUT2D eigenvalue weighted by atomic mass is 79.9. The summed E-state index contributed by atoms with van der Waals surface area (Å²) in [6.07, 6.45) is 0. The van der Waals surface area contributed by atoms with Crippen LogP contribution in [-0.4, -0.2) is 38.7 Å². The summed E-state index contributed by atoms with van der Waals surface area (Å²) < 4.78 is 12.2. The second-order valence-electron chi connectivity index (χ2n) is 5.70. The molecule has 0 saturated heterocycles. The SMILES string of the molecule is COCCNC(=O)c1ccc(NC(=O)COc2c(C)cc(Br)cc2Br)cc1. The maximum atomic E-state index is 12.1. The molecule has 0 aliphatic rings. The number of ether oxygens (including phenoxy) is 2. The van der Waals surface area contributed by atoms with E-state index >= 15 is 0 Å². The standard InChI is InChI=1S/C19H20Br2N2O4/c1-12-9-14(20)10-16(21)18(12)27-11-17(24)23-15-5-3-13(4-6-15)19(25)22-7-8-26-2/h3-6,9-10H,7-8,11H2,1-2H3,(H,22,25)(H,23,24). The Labute approximate surface area is 174 Å². The highest BCUT2D eigenvalue weighted by Gasteiger charge is 2.10. The van der Waals surface area contributed by atoms with Crippen molar-refractivity contribution in [2.45, 2.75) is 6.92 Å². The molecule has 2 rings (SSSR count). The van der Waals surface area contributed by atoms with Crippen molar-refractivity contribution >= 4 is 49.4 Å². The first-order valence-corrected chi connectivity index (χ1v) is 9.75. The molecule has 8 heteroatoms. The van der Waals surface area contributed by atoms with Gasteiger partial charge in [-0.25, -0.2) is 0 Å². The third-order valence-corrected chi connectivity index (χ3v) is 4.61. The van der Waals surface area contributed by atoms with Crippen LogP contribution in [0.3, 0.4) is 0 Å². The van der Waals surface area contributed by atoms with Crippen LogP contribution in [0.5, 0.6) is 5.75 Å². The zero-order valence-electron chi connectivity index (χ0n) is 15.0. The fourth-order valence-electron chi connectivity index (χ4n) is 2.28. The molecule has 0 aliphatic heterocycles. The lowest BCUT2D eigenvalue weighted by molar-refractivity contribution is -0.118. The van der Waals surface area contributed by atoms with Crippen LogP contribution in [-0.2, 0) is 9.53 Å². The number of halogens is 2. The van der Waals surface area contributed by atoms with Crippen LogP contribution in [0.4, 0.5) is 5.69 Å². The normalized spacial score (nSPS) is 10.4. The van der Waals surface area contributed by atoms with Crippen molar-refractivity contribution in [3.8, 4) is 5.75 Å². The summed E-state index contributed by atoms with van der Waals surface area (Å²) in [4.78, 5) is 24.0. The number of hydrogen-bond donors (Lipinski definition) is 2. The summed E-state index contributed by atoms with van der Waals surface area (Å²) in [5.74, 6) is 0.141. The van der Waals surface area contributed by atoms with Crippen LogP contribution in [0.15, 0.2) is 45.3 Å². The number of hydrogen-bond acceptors (Lipinski definition) is 4. The predicted octanol–water partition coefficient (Wildman–Crippen LogP) is 3.91. The van der Waals surface area contributed by atoms with E-state index in [9.17, 15) is 9.59 Å².